The van der Waals surface area contributed by atoms with Gasteiger partial charge in [-0.3, -0.25) is 13.9 Å². The van der Waals surface area contributed by atoms with Crippen molar-refractivity contribution in [1.29, 1.82) is 0 Å². The summed E-state index contributed by atoms with van der Waals surface area (Å²) in [5, 5.41) is 3.00. The first-order valence-corrected chi connectivity index (χ1v) is 17.0. The molecule has 0 aromatic heterocycles. The van der Waals surface area contributed by atoms with E-state index in [9.17, 15) is 18.0 Å². The van der Waals surface area contributed by atoms with Crippen LogP contribution in [0.1, 0.15) is 30.9 Å². The fourth-order valence-corrected chi connectivity index (χ4v) is 6.77. The Labute approximate surface area is 274 Å². The number of sulfonamides is 1. The number of hydrogen-bond donors (Lipinski definition) is 1. The fourth-order valence-electron chi connectivity index (χ4n) is 4.89. The third-order valence-electron chi connectivity index (χ3n) is 7.31. The summed E-state index contributed by atoms with van der Waals surface area (Å²) >= 11 is 3.51. The largest absolute Gasteiger partial charge is 0.497 e. The van der Waals surface area contributed by atoms with Crippen molar-refractivity contribution < 1.29 is 22.7 Å². The van der Waals surface area contributed by atoms with Gasteiger partial charge in [0, 0.05) is 24.0 Å². The van der Waals surface area contributed by atoms with Crippen molar-refractivity contribution in [2.45, 2.75) is 43.7 Å². The molecular weight excluding hydrogens is 654 g/mol. The molecule has 0 unspecified atom stereocenters. The molecule has 4 rings (SSSR count). The van der Waals surface area contributed by atoms with E-state index in [4.69, 9.17) is 4.74 Å². The van der Waals surface area contributed by atoms with Gasteiger partial charge in [0.2, 0.25) is 11.8 Å². The van der Waals surface area contributed by atoms with Gasteiger partial charge < -0.3 is 15.0 Å². The molecule has 236 valence electrons. The Morgan fingerprint density at radius 1 is 0.867 bits per heavy atom. The number of anilines is 1. The van der Waals surface area contributed by atoms with E-state index >= 15 is 0 Å². The monoisotopic (exact) mass is 691 g/mol. The van der Waals surface area contributed by atoms with Gasteiger partial charge in [-0.2, -0.15) is 0 Å². The summed E-state index contributed by atoms with van der Waals surface area (Å²) in [4.78, 5) is 29.8. The van der Waals surface area contributed by atoms with E-state index in [0.29, 0.717) is 18.0 Å². The van der Waals surface area contributed by atoms with Crippen molar-refractivity contribution in [3.05, 3.63) is 125 Å². The van der Waals surface area contributed by atoms with Crippen molar-refractivity contribution in [3.63, 3.8) is 0 Å². The molecule has 0 bridgehead atoms. The molecule has 0 aliphatic rings. The molecule has 0 saturated heterocycles. The molecule has 4 aromatic carbocycles. The molecule has 0 radical (unpaired) electrons. The Bertz CT molecular complexity index is 1650. The second-order valence-corrected chi connectivity index (χ2v) is 13.3. The van der Waals surface area contributed by atoms with Gasteiger partial charge in [0.25, 0.3) is 10.0 Å². The zero-order valence-corrected chi connectivity index (χ0v) is 27.8. The highest BCUT2D eigenvalue weighted by Crippen LogP contribution is 2.27. The summed E-state index contributed by atoms with van der Waals surface area (Å²) in [5.41, 5.74) is 1.96. The average Bonchev–Trinajstić information content (AvgIpc) is 3.06. The van der Waals surface area contributed by atoms with Crippen LogP contribution < -0.4 is 14.4 Å². The molecule has 2 amide bonds. The zero-order chi connectivity index (χ0) is 32.2. The lowest BCUT2D eigenvalue weighted by Gasteiger charge is -2.34. The molecule has 0 aliphatic heterocycles. The molecule has 0 saturated carbocycles. The normalized spacial score (nSPS) is 11.8. The third kappa shape index (κ3) is 9.18. The summed E-state index contributed by atoms with van der Waals surface area (Å²) in [6, 6.07) is 30.6. The van der Waals surface area contributed by atoms with E-state index in [-0.39, 0.29) is 23.8 Å². The van der Waals surface area contributed by atoms with E-state index in [1.807, 2.05) is 61.5 Å². The fraction of sp³-hybridized carbons (Fsp3) is 0.257. The van der Waals surface area contributed by atoms with E-state index in [1.54, 1.807) is 42.5 Å². The van der Waals surface area contributed by atoms with Crippen LogP contribution in [0.4, 0.5) is 5.69 Å². The van der Waals surface area contributed by atoms with Crippen LogP contribution in [0.2, 0.25) is 0 Å². The number of nitrogens with zero attached hydrogens (tertiary/aromatic N) is 2. The molecular formula is C35H38BrN3O5S. The second kappa shape index (κ2) is 16.2. The van der Waals surface area contributed by atoms with Crippen LogP contribution >= 0.6 is 15.9 Å². The van der Waals surface area contributed by atoms with E-state index in [0.717, 1.165) is 32.7 Å². The van der Waals surface area contributed by atoms with Gasteiger partial charge in [0.05, 0.1) is 17.7 Å². The predicted octanol–water partition coefficient (Wildman–Crippen LogP) is 6.21. The lowest BCUT2D eigenvalue weighted by molar-refractivity contribution is -0.140. The molecule has 0 fully saturated rings. The Morgan fingerprint density at radius 3 is 2.13 bits per heavy atom. The predicted molar refractivity (Wildman–Crippen MR) is 181 cm³/mol. The average molecular weight is 693 g/mol. The number of amides is 2. The van der Waals surface area contributed by atoms with Crippen molar-refractivity contribution in [1.82, 2.24) is 10.2 Å². The van der Waals surface area contributed by atoms with Gasteiger partial charge in [0.1, 0.15) is 18.3 Å². The van der Waals surface area contributed by atoms with Crippen molar-refractivity contribution >= 4 is 43.5 Å². The number of methoxy groups -OCH3 is 1. The van der Waals surface area contributed by atoms with Gasteiger partial charge in [-0.15, -0.1) is 0 Å². The first-order valence-electron chi connectivity index (χ1n) is 14.8. The van der Waals surface area contributed by atoms with Crippen LogP contribution in [0.3, 0.4) is 0 Å². The summed E-state index contributed by atoms with van der Waals surface area (Å²) in [5.74, 6) is -0.264. The number of hydrogen-bond acceptors (Lipinski definition) is 5. The Hall–Kier alpha value is -4.15. The van der Waals surface area contributed by atoms with Gasteiger partial charge in [-0.25, -0.2) is 8.42 Å². The van der Waals surface area contributed by atoms with E-state index in [1.165, 1.54) is 24.1 Å². The summed E-state index contributed by atoms with van der Waals surface area (Å²) < 4.78 is 35.3. The standard InChI is InChI=1S/C35H38BrN3O5S/c1-3-4-22-37-35(41)33(24-27-12-7-5-8-13-27)38(25-28-14-11-15-29(36)23-28)34(40)26-39(30-18-20-31(44-2)21-19-30)45(42,43)32-16-9-6-10-17-32/h5-21,23,33H,3-4,22,24-26H2,1-2H3,(H,37,41)/t33-/m1/s1. The lowest BCUT2D eigenvalue weighted by atomic mass is 10.0. The topological polar surface area (TPSA) is 96.0 Å². The van der Waals surface area contributed by atoms with Crippen LogP contribution in [0, 0.1) is 0 Å². The molecule has 1 N–H and O–H groups in total. The SMILES string of the molecule is CCCCNC(=O)[C@@H](Cc1ccccc1)N(Cc1cccc(Br)c1)C(=O)CN(c1ccc(OC)cc1)S(=O)(=O)c1ccccc1. The van der Waals surface area contributed by atoms with Crippen LogP contribution in [0.5, 0.6) is 5.75 Å². The summed E-state index contributed by atoms with van der Waals surface area (Å²) in [6.45, 7) is 2.08. The number of halogens is 1. The minimum Gasteiger partial charge on any atom is -0.497 e. The van der Waals surface area contributed by atoms with Gasteiger partial charge >= 0.3 is 0 Å². The van der Waals surface area contributed by atoms with Crippen LogP contribution in [-0.2, 0) is 32.6 Å². The molecule has 0 spiro atoms. The van der Waals surface area contributed by atoms with Gasteiger partial charge in [-0.1, -0.05) is 89.9 Å². The number of carbonyl (C=O) groups is 2. The maximum absolute atomic E-state index is 14.5. The molecule has 1 atom stereocenters. The van der Waals surface area contributed by atoms with Crippen LogP contribution in [0.25, 0.3) is 0 Å². The molecule has 8 nitrogen and oxygen atoms in total. The first-order chi connectivity index (χ1) is 21.7. The second-order valence-electron chi connectivity index (χ2n) is 10.5. The van der Waals surface area contributed by atoms with Crippen molar-refractivity contribution in [2.75, 3.05) is 24.5 Å². The minimum atomic E-state index is -4.17. The maximum atomic E-state index is 14.5. The molecule has 10 heteroatoms. The third-order valence-corrected chi connectivity index (χ3v) is 9.59. The number of carbonyl (C=O) groups excluding carboxylic acids is 2. The first kappa shape index (κ1) is 33.7. The molecule has 0 aliphatic carbocycles. The maximum Gasteiger partial charge on any atom is 0.264 e. The van der Waals surface area contributed by atoms with E-state index < -0.39 is 28.5 Å². The van der Waals surface area contributed by atoms with Gasteiger partial charge in [-0.05, 0) is 66.1 Å². The summed E-state index contributed by atoms with van der Waals surface area (Å²) in [7, 11) is -2.64. The highest BCUT2D eigenvalue weighted by Gasteiger charge is 2.34. The lowest BCUT2D eigenvalue weighted by Crippen LogP contribution is -2.53. The number of rotatable bonds is 15. The smallest absolute Gasteiger partial charge is 0.264 e. The van der Waals surface area contributed by atoms with E-state index in [2.05, 4.69) is 21.2 Å². The van der Waals surface area contributed by atoms with Crippen LogP contribution in [0.15, 0.2) is 119 Å². The number of nitrogens with one attached hydrogen (secondary N) is 1. The number of benzene rings is 4. The van der Waals surface area contributed by atoms with Crippen molar-refractivity contribution in [2.24, 2.45) is 0 Å². The Balaban J connectivity index is 1.78. The Kier molecular flexibility index (Phi) is 12.2. The van der Waals surface area contributed by atoms with Gasteiger partial charge in [0.15, 0.2) is 0 Å². The highest BCUT2D eigenvalue weighted by molar-refractivity contribution is 9.10. The quantitative estimate of drug-likeness (QED) is 0.150. The van der Waals surface area contributed by atoms with Crippen molar-refractivity contribution in [3.8, 4) is 5.75 Å². The number of ether oxygens (including phenoxy) is 1. The highest BCUT2D eigenvalue weighted by atomic mass is 79.9. The zero-order valence-electron chi connectivity index (χ0n) is 25.4. The molecule has 0 heterocycles. The molecule has 4 aromatic rings. The summed E-state index contributed by atoms with van der Waals surface area (Å²) in [6.07, 6.45) is 1.95. The minimum absolute atomic E-state index is 0.0466. The molecule has 45 heavy (non-hydrogen) atoms. The Morgan fingerprint density at radius 2 is 1.51 bits per heavy atom. The van der Waals surface area contributed by atoms with Crippen LogP contribution in [-0.4, -0.2) is 51.4 Å². The number of unbranched alkanes of at least 4 members (excludes halogenated alkanes) is 1.